The van der Waals surface area contributed by atoms with E-state index in [1.807, 2.05) is 13.1 Å². The van der Waals surface area contributed by atoms with Gasteiger partial charge in [-0.25, -0.2) is 4.39 Å². The molecule has 110 valence electrons. The molecule has 0 aliphatic heterocycles. The van der Waals surface area contributed by atoms with Crippen molar-refractivity contribution in [3.8, 4) is 17.6 Å². The first-order valence-electron chi connectivity index (χ1n) is 6.76. The lowest BCUT2D eigenvalue weighted by molar-refractivity contribution is 0.303. The largest absolute Gasteiger partial charge is 0.487 e. The van der Waals surface area contributed by atoms with Gasteiger partial charge in [0.2, 0.25) is 0 Å². The molecular formula is C16H17FN2O2. The predicted molar refractivity (Wildman–Crippen MR) is 77.2 cm³/mol. The molecule has 2 rings (SSSR count). The Bertz CT molecular complexity index is 656. The second-order valence-corrected chi connectivity index (χ2v) is 4.41. The van der Waals surface area contributed by atoms with Crippen LogP contribution in [0.2, 0.25) is 0 Å². The Balaban J connectivity index is 2.11. The second kappa shape index (κ2) is 7.46. The van der Waals surface area contributed by atoms with Crippen LogP contribution in [0.1, 0.15) is 24.5 Å². The summed E-state index contributed by atoms with van der Waals surface area (Å²) in [6.07, 6.45) is 3.98. The molecule has 0 atom stereocenters. The van der Waals surface area contributed by atoms with Crippen LogP contribution in [-0.4, -0.2) is 21.5 Å². The van der Waals surface area contributed by atoms with Crippen molar-refractivity contribution in [3.63, 3.8) is 0 Å². The Morgan fingerprint density at radius 2 is 2.29 bits per heavy atom. The van der Waals surface area contributed by atoms with E-state index >= 15 is 0 Å². The number of benzene rings is 1. The number of hydrogen-bond donors (Lipinski definition) is 1. The number of ether oxygens (including phenoxy) is 1. The van der Waals surface area contributed by atoms with Crippen LogP contribution in [0.25, 0.3) is 0 Å². The monoisotopic (exact) mass is 288 g/mol. The molecule has 5 heteroatoms. The molecule has 0 saturated carbocycles. The average Bonchev–Trinajstić information content (AvgIpc) is 2.95. The quantitative estimate of drug-likeness (QED) is 0.859. The Morgan fingerprint density at radius 3 is 3.00 bits per heavy atom. The summed E-state index contributed by atoms with van der Waals surface area (Å²) in [5.41, 5.74) is 1.52. The van der Waals surface area contributed by atoms with Gasteiger partial charge in [0.05, 0.1) is 18.4 Å². The fraction of sp³-hybridized carbons (Fsp3) is 0.312. The number of aliphatic hydroxyl groups excluding tert-OH is 1. The Kier molecular flexibility index (Phi) is 5.35. The molecule has 0 fully saturated rings. The number of aliphatic hydroxyl groups is 1. The summed E-state index contributed by atoms with van der Waals surface area (Å²) in [5, 5.41) is 12.9. The number of rotatable bonds is 5. The van der Waals surface area contributed by atoms with Gasteiger partial charge in [-0.2, -0.15) is 5.10 Å². The standard InChI is InChI=1S/C16H17FN2O2/c1-2-19-11-13(10-18-19)12-21-16-9-15(17)7-6-14(16)5-3-4-8-20/h6-7,9-11,20H,2,4,8,12H2,1H3. The molecule has 1 heterocycles. The minimum atomic E-state index is -0.373. The molecular weight excluding hydrogens is 271 g/mol. The maximum Gasteiger partial charge on any atom is 0.138 e. The van der Waals surface area contributed by atoms with E-state index in [9.17, 15) is 4.39 Å². The van der Waals surface area contributed by atoms with Crippen LogP contribution in [0.4, 0.5) is 4.39 Å². The third-order valence-corrected chi connectivity index (χ3v) is 2.81. The minimum Gasteiger partial charge on any atom is -0.487 e. The summed E-state index contributed by atoms with van der Waals surface area (Å²) >= 11 is 0. The van der Waals surface area contributed by atoms with Crippen molar-refractivity contribution in [1.82, 2.24) is 9.78 Å². The third-order valence-electron chi connectivity index (χ3n) is 2.81. The second-order valence-electron chi connectivity index (χ2n) is 4.41. The lowest BCUT2D eigenvalue weighted by atomic mass is 10.2. The summed E-state index contributed by atoms with van der Waals surface area (Å²) < 4.78 is 20.8. The van der Waals surface area contributed by atoms with Crippen molar-refractivity contribution < 1.29 is 14.2 Å². The zero-order valence-corrected chi connectivity index (χ0v) is 11.8. The third kappa shape index (κ3) is 4.33. The first-order valence-corrected chi connectivity index (χ1v) is 6.76. The van der Waals surface area contributed by atoms with E-state index in [1.165, 1.54) is 12.1 Å². The number of nitrogens with zero attached hydrogens (tertiary/aromatic N) is 2. The summed E-state index contributed by atoms with van der Waals surface area (Å²) in [6.45, 7) is 3.09. The number of aromatic nitrogens is 2. The van der Waals surface area contributed by atoms with Crippen LogP contribution < -0.4 is 4.74 Å². The first-order chi connectivity index (χ1) is 10.2. The number of halogens is 1. The van der Waals surface area contributed by atoms with Crippen LogP contribution in [0.3, 0.4) is 0 Å². The zero-order valence-electron chi connectivity index (χ0n) is 11.8. The highest BCUT2D eigenvalue weighted by atomic mass is 19.1. The molecule has 0 radical (unpaired) electrons. The van der Waals surface area contributed by atoms with Crippen LogP contribution in [0.15, 0.2) is 30.6 Å². The van der Waals surface area contributed by atoms with Gasteiger partial charge in [-0.1, -0.05) is 11.8 Å². The fourth-order valence-corrected chi connectivity index (χ4v) is 1.75. The molecule has 4 nitrogen and oxygen atoms in total. The Hall–Kier alpha value is -2.32. The van der Waals surface area contributed by atoms with Gasteiger partial charge in [-0.05, 0) is 19.1 Å². The zero-order chi connectivity index (χ0) is 15.1. The van der Waals surface area contributed by atoms with Crippen LogP contribution in [0.5, 0.6) is 5.75 Å². The van der Waals surface area contributed by atoms with Crippen molar-refractivity contribution in [2.45, 2.75) is 26.5 Å². The van der Waals surface area contributed by atoms with Gasteiger partial charge in [-0.15, -0.1) is 0 Å². The topological polar surface area (TPSA) is 47.3 Å². The van der Waals surface area contributed by atoms with Crippen molar-refractivity contribution in [2.75, 3.05) is 6.61 Å². The van der Waals surface area contributed by atoms with E-state index in [2.05, 4.69) is 16.9 Å². The maximum absolute atomic E-state index is 13.3. The van der Waals surface area contributed by atoms with E-state index in [1.54, 1.807) is 16.9 Å². The molecule has 0 aliphatic rings. The Labute approximate surface area is 123 Å². The summed E-state index contributed by atoms with van der Waals surface area (Å²) in [7, 11) is 0. The average molecular weight is 288 g/mol. The molecule has 1 N–H and O–H groups in total. The highest BCUT2D eigenvalue weighted by Crippen LogP contribution is 2.20. The molecule has 0 aliphatic carbocycles. The minimum absolute atomic E-state index is 0.000583. The van der Waals surface area contributed by atoms with Gasteiger partial charge in [0.25, 0.3) is 0 Å². The highest BCUT2D eigenvalue weighted by molar-refractivity contribution is 5.46. The van der Waals surface area contributed by atoms with Crippen LogP contribution in [0, 0.1) is 17.7 Å². The van der Waals surface area contributed by atoms with Crippen molar-refractivity contribution in [1.29, 1.82) is 0 Å². The van der Waals surface area contributed by atoms with E-state index in [-0.39, 0.29) is 12.4 Å². The molecule has 21 heavy (non-hydrogen) atoms. The van der Waals surface area contributed by atoms with E-state index in [0.29, 0.717) is 24.3 Å². The lowest BCUT2D eigenvalue weighted by Gasteiger charge is -2.07. The summed E-state index contributed by atoms with van der Waals surface area (Å²) in [5.74, 6) is 5.70. The molecule has 1 aromatic heterocycles. The molecule has 0 spiro atoms. The number of aryl methyl sites for hydroxylation is 1. The van der Waals surface area contributed by atoms with Gasteiger partial charge in [-0.3, -0.25) is 4.68 Å². The lowest BCUT2D eigenvalue weighted by Crippen LogP contribution is -1.97. The van der Waals surface area contributed by atoms with Crippen molar-refractivity contribution in [2.24, 2.45) is 0 Å². The number of hydrogen-bond acceptors (Lipinski definition) is 3. The van der Waals surface area contributed by atoms with E-state index in [0.717, 1.165) is 12.1 Å². The van der Waals surface area contributed by atoms with Crippen molar-refractivity contribution in [3.05, 3.63) is 47.5 Å². The van der Waals surface area contributed by atoms with Crippen molar-refractivity contribution >= 4 is 0 Å². The predicted octanol–water partition coefficient (Wildman–Crippen LogP) is 2.36. The van der Waals surface area contributed by atoms with Gasteiger partial charge in [0.15, 0.2) is 0 Å². The van der Waals surface area contributed by atoms with Gasteiger partial charge < -0.3 is 9.84 Å². The summed E-state index contributed by atoms with van der Waals surface area (Å²) in [4.78, 5) is 0. The fourth-order valence-electron chi connectivity index (χ4n) is 1.75. The van der Waals surface area contributed by atoms with Gasteiger partial charge in [0.1, 0.15) is 18.2 Å². The highest BCUT2D eigenvalue weighted by Gasteiger charge is 2.05. The van der Waals surface area contributed by atoms with E-state index < -0.39 is 0 Å². The molecule has 1 aromatic carbocycles. The van der Waals surface area contributed by atoms with E-state index in [4.69, 9.17) is 9.84 Å². The maximum atomic E-state index is 13.3. The normalized spacial score (nSPS) is 10.0. The van der Waals surface area contributed by atoms with Gasteiger partial charge in [0, 0.05) is 30.8 Å². The smallest absolute Gasteiger partial charge is 0.138 e. The molecule has 0 unspecified atom stereocenters. The van der Waals surface area contributed by atoms with Crippen LogP contribution in [-0.2, 0) is 13.2 Å². The Morgan fingerprint density at radius 1 is 1.43 bits per heavy atom. The molecule has 2 aromatic rings. The SMILES string of the molecule is CCn1cc(COc2cc(F)ccc2C#CCCO)cn1. The molecule has 0 saturated heterocycles. The molecule has 0 amide bonds. The first kappa shape index (κ1) is 15.1. The van der Waals surface area contributed by atoms with Crippen LogP contribution >= 0.6 is 0 Å². The van der Waals surface area contributed by atoms with Gasteiger partial charge >= 0.3 is 0 Å². The summed E-state index contributed by atoms with van der Waals surface area (Å²) in [6, 6.07) is 4.22. The molecule has 0 bridgehead atoms.